The highest BCUT2D eigenvalue weighted by atomic mass is 19.4. The van der Waals surface area contributed by atoms with Crippen LogP contribution < -0.4 is 5.32 Å². The van der Waals surface area contributed by atoms with Gasteiger partial charge < -0.3 is 20.1 Å². The van der Waals surface area contributed by atoms with Crippen molar-refractivity contribution in [1.82, 2.24) is 10.2 Å². The van der Waals surface area contributed by atoms with Crippen LogP contribution in [0.2, 0.25) is 0 Å². The van der Waals surface area contributed by atoms with Crippen molar-refractivity contribution in [1.29, 1.82) is 0 Å². The van der Waals surface area contributed by atoms with Gasteiger partial charge in [0.15, 0.2) is 12.1 Å². The summed E-state index contributed by atoms with van der Waals surface area (Å²) in [4.78, 5) is 6.01. The summed E-state index contributed by atoms with van der Waals surface area (Å²) in [6.45, 7) is 0.937. The molecule has 0 aliphatic carbocycles. The first-order valence-electron chi connectivity index (χ1n) is 7.26. The number of alkyl halides is 3. The first-order valence-corrected chi connectivity index (χ1v) is 7.26. The Hall–Kier alpha value is -1.02. The molecule has 0 aromatic rings. The van der Waals surface area contributed by atoms with Crippen molar-refractivity contribution >= 4 is 5.96 Å². The Morgan fingerprint density at radius 2 is 1.90 bits per heavy atom. The van der Waals surface area contributed by atoms with Crippen molar-refractivity contribution in [2.24, 2.45) is 16.8 Å². The molecule has 3 aliphatic rings. The molecule has 5 atom stereocenters. The zero-order chi connectivity index (χ0) is 15.2. The van der Waals surface area contributed by atoms with E-state index >= 15 is 0 Å². The summed E-state index contributed by atoms with van der Waals surface area (Å²) < 4.78 is 42.8. The number of rotatable bonds is 2. The second-order valence-corrected chi connectivity index (χ2v) is 6.01. The Kier molecular flexibility index (Phi) is 3.77. The van der Waals surface area contributed by atoms with Crippen LogP contribution in [-0.2, 0) is 4.74 Å². The zero-order valence-electron chi connectivity index (χ0n) is 11.8. The molecule has 2 bridgehead atoms. The molecule has 3 aliphatic heterocycles. The van der Waals surface area contributed by atoms with Crippen LogP contribution in [0.1, 0.15) is 12.8 Å². The van der Waals surface area contributed by atoms with Crippen LogP contribution in [0.25, 0.3) is 0 Å². The van der Waals surface area contributed by atoms with Crippen LogP contribution in [0, 0.1) is 11.8 Å². The summed E-state index contributed by atoms with van der Waals surface area (Å²) in [5.74, 6) is 1.33. The van der Waals surface area contributed by atoms with Crippen molar-refractivity contribution in [3.8, 4) is 0 Å². The fraction of sp³-hybridized carbons (Fsp3) is 0.923. The lowest BCUT2D eigenvalue weighted by Gasteiger charge is -2.24. The van der Waals surface area contributed by atoms with Gasteiger partial charge in [0.2, 0.25) is 0 Å². The maximum absolute atomic E-state index is 12.3. The first-order chi connectivity index (χ1) is 9.90. The molecule has 3 rings (SSSR count). The quantitative estimate of drug-likeness (QED) is 0.579. The molecule has 5 unspecified atom stereocenters. The van der Waals surface area contributed by atoms with Gasteiger partial charge in [-0.1, -0.05) is 0 Å². The monoisotopic (exact) mass is 307 g/mol. The lowest BCUT2D eigenvalue weighted by molar-refractivity contribution is -0.201. The molecule has 3 heterocycles. The van der Waals surface area contributed by atoms with Crippen LogP contribution in [0.15, 0.2) is 4.99 Å². The lowest BCUT2D eigenvalue weighted by atomic mass is 9.82. The van der Waals surface area contributed by atoms with E-state index in [1.807, 2.05) is 4.90 Å². The average molecular weight is 307 g/mol. The number of aliphatic hydroxyl groups excluding tert-OH is 1. The third kappa shape index (κ3) is 2.70. The van der Waals surface area contributed by atoms with Gasteiger partial charge in [-0.15, -0.1) is 0 Å². The van der Waals surface area contributed by atoms with Crippen molar-refractivity contribution in [3.63, 3.8) is 0 Å². The molecular weight excluding hydrogens is 287 g/mol. The van der Waals surface area contributed by atoms with E-state index in [4.69, 9.17) is 9.84 Å². The molecule has 0 aromatic carbocycles. The molecule has 3 fully saturated rings. The van der Waals surface area contributed by atoms with Gasteiger partial charge >= 0.3 is 6.18 Å². The van der Waals surface area contributed by atoms with E-state index < -0.39 is 18.8 Å². The Morgan fingerprint density at radius 1 is 1.33 bits per heavy atom. The number of guanidine groups is 1. The Balaban J connectivity index is 1.56. The smallest absolute Gasteiger partial charge is 0.382 e. The van der Waals surface area contributed by atoms with E-state index in [1.54, 1.807) is 7.05 Å². The largest absolute Gasteiger partial charge is 0.416 e. The van der Waals surface area contributed by atoms with Gasteiger partial charge in [0, 0.05) is 32.0 Å². The van der Waals surface area contributed by atoms with Gasteiger partial charge in [0.25, 0.3) is 0 Å². The van der Waals surface area contributed by atoms with E-state index in [2.05, 4.69) is 10.3 Å². The summed E-state index contributed by atoms with van der Waals surface area (Å²) in [6, 6.07) is 0. The van der Waals surface area contributed by atoms with Crippen LogP contribution in [0.5, 0.6) is 0 Å². The van der Waals surface area contributed by atoms with Gasteiger partial charge in [-0.3, -0.25) is 4.99 Å². The number of nitrogens with one attached hydrogen (secondary N) is 1. The highest BCUT2D eigenvalue weighted by Gasteiger charge is 2.53. The van der Waals surface area contributed by atoms with Gasteiger partial charge in [-0.2, -0.15) is 13.2 Å². The molecule has 120 valence electrons. The molecule has 5 nitrogen and oxygen atoms in total. The Bertz CT molecular complexity index is 411. The van der Waals surface area contributed by atoms with Crippen LogP contribution in [-0.4, -0.2) is 67.1 Å². The second-order valence-electron chi connectivity index (χ2n) is 6.01. The molecule has 8 heteroatoms. The lowest BCUT2D eigenvalue weighted by Crippen LogP contribution is -2.47. The Morgan fingerprint density at radius 3 is 2.38 bits per heavy atom. The van der Waals surface area contributed by atoms with Crippen molar-refractivity contribution < 1.29 is 23.0 Å². The van der Waals surface area contributed by atoms with E-state index in [0.29, 0.717) is 30.0 Å². The summed E-state index contributed by atoms with van der Waals surface area (Å²) in [7, 11) is 1.54. The number of nitrogens with zero attached hydrogens (tertiary/aromatic N) is 2. The third-order valence-corrected chi connectivity index (χ3v) is 4.80. The molecule has 0 spiro atoms. The van der Waals surface area contributed by atoms with Crippen LogP contribution >= 0.6 is 0 Å². The SMILES string of the molecule is CN=C(NCC(O)C(F)(F)F)N1CC2C3CCC(O3)C2C1. The van der Waals surface area contributed by atoms with E-state index in [0.717, 1.165) is 25.9 Å². The van der Waals surface area contributed by atoms with Crippen LogP contribution in [0.3, 0.4) is 0 Å². The third-order valence-electron chi connectivity index (χ3n) is 4.80. The minimum absolute atomic E-state index is 0.295. The minimum Gasteiger partial charge on any atom is -0.382 e. The zero-order valence-corrected chi connectivity index (χ0v) is 11.8. The number of aliphatic imine (C=N–C) groups is 1. The number of halogens is 3. The van der Waals surface area contributed by atoms with Crippen LogP contribution in [0.4, 0.5) is 13.2 Å². The van der Waals surface area contributed by atoms with Crippen molar-refractivity contribution in [3.05, 3.63) is 0 Å². The molecule has 3 saturated heterocycles. The summed E-state index contributed by atoms with van der Waals surface area (Å²) in [5, 5.41) is 11.7. The maximum atomic E-state index is 12.3. The summed E-state index contributed by atoms with van der Waals surface area (Å²) >= 11 is 0. The topological polar surface area (TPSA) is 57.1 Å². The van der Waals surface area contributed by atoms with Gasteiger partial charge in [-0.25, -0.2) is 0 Å². The summed E-state index contributed by atoms with van der Waals surface area (Å²) in [6.07, 6.45) is -4.24. The predicted molar refractivity (Wildman–Crippen MR) is 69.9 cm³/mol. The number of ether oxygens (including phenoxy) is 1. The minimum atomic E-state index is -4.61. The molecule has 2 N–H and O–H groups in total. The molecule has 0 aromatic heterocycles. The fourth-order valence-corrected chi connectivity index (χ4v) is 3.77. The Labute approximate surface area is 121 Å². The average Bonchev–Trinajstić information content (AvgIpc) is 3.10. The van der Waals surface area contributed by atoms with E-state index in [1.165, 1.54) is 0 Å². The maximum Gasteiger partial charge on any atom is 0.416 e. The number of fused-ring (bicyclic) bond motifs is 5. The predicted octanol–water partition coefficient (Wildman–Crippen LogP) is 0.594. The molecule has 0 saturated carbocycles. The number of likely N-dealkylation sites (tertiary alicyclic amines) is 1. The van der Waals surface area contributed by atoms with Crippen molar-refractivity contribution in [2.45, 2.75) is 37.3 Å². The highest BCUT2D eigenvalue weighted by molar-refractivity contribution is 5.80. The number of hydrogen-bond donors (Lipinski definition) is 2. The second kappa shape index (κ2) is 5.31. The number of hydrogen-bond acceptors (Lipinski definition) is 3. The number of aliphatic hydroxyl groups is 1. The standard InChI is InChI=1S/C13H20F3N3O2/c1-17-12(18-4-11(20)13(14,15)16)19-5-7-8(6-19)10-3-2-9(7)21-10/h7-11,20H,2-6H2,1H3,(H,17,18). The van der Waals surface area contributed by atoms with Gasteiger partial charge in [0.05, 0.1) is 18.8 Å². The normalized spacial score (nSPS) is 37.0. The molecule has 0 radical (unpaired) electrons. The molecule has 0 amide bonds. The molecule has 21 heavy (non-hydrogen) atoms. The van der Waals surface area contributed by atoms with Gasteiger partial charge in [0.1, 0.15) is 0 Å². The summed E-state index contributed by atoms with van der Waals surface area (Å²) in [5.41, 5.74) is 0. The fourth-order valence-electron chi connectivity index (χ4n) is 3.77. The van der Waals surface area contributed by atoms with Gasteiger partial charge in [-0.05, 0) is 12.8 Å². The molecular formula is C13H20F3N3O2. The van der Waals surface area contributed by atoms with E-state index in [-0.39, 0.29) is 0 Å². The highest BCUT2D eigenvalue weighted by Crippen LogP contribution is 2.47. The first kappa shape index (κ1) is 14.9. The van der Waals surface area contributed by atoms with E-state index in [9.17, 15) is 13.2 Å². The van der Waals surface area contributed by atoms with Crippen molar-refractivity contribution in [2.75, 3.05) is 26.7 Å².